The maximum absolute atomic E-state index is 12.7. The molecule has 164 valence electrons. The Labute approximate surface area is 174 Å². The molecule has 0 spiro atoms. The third-order valence-corrected chi connectivity index (χ3v) is 4.06. The highest BCUT2D eigenvalue weighted by Crippen LogP contribution is 2.50. The van der Waals surface area contributed by atoms with E-state index in [2.05, 4.69) is 5.32 Å². The summed E-state index contributed by atoms with van der Waals surface area (Å²) in [4.78, 5) is 30.5. The fourth-order valence-corrected chi connectivity index (χ4v) is 2.56. The number of carbonyl (C=O) groups is 1. The van der Waals surface area contributed by atoms with Crippen molar-refractivity contribution >= 4 is 23.4 Å². The van der Waals surface area contributed by atoms with Gasteiger partial charge in [0.1, 0.15) is 0 Å². The van der Waals surface area contributed by atoms with Gasteiger partial charge in [0.15, 0.2) is 0 Å². The van der Waals surface area contributed by atoms with Gasteiger partial charge in [0, 0.05) is 18.7 Å². The molecule has 0 atom stereocenters. The number of nitrogens with zero attached hydrogens (tertiary/aromatic N) is 2. The maximum atomic E-state index is 12.7. The van der Waals surface area contributed by atoms with E-state index < -0.39 is 33.2 Å². The minimum absolute atomic E-state index is 0.0188. The van der Waals surface area contributed by atoms with E-state index in [1.54, 1.807) is 6.07 Å². The minimum atomic E-state index is -4.42. The zero-order valence-corrected chi connectivity index (χ0v) is 16.5. The monoisotopic (exact) mass is 437 g/mol. The number of alkyl halides is 3. The Morgan fingerprint density at radius 1 is 1.13 bits per heavy atom. The van der Waals surface area contributed by atoms with Gasteiger partial charge in [0.2, 0.25) is 5.91 Å². The first-order chi connectivity index (χ1) is 14.4. The Bertz CT molecular complexity index is 1050. The summed E-state index contributed by atoms with van der Waals surface area (Å²) in [6.07, 6.45) is -2.12. The lowest BCUT2D eigenvalue weighted by Gasteiger charge is -2.09. The summed E-state index contributed by atoms with van der Waals surface area (Å²) >= 11 is 0. The summed E-state index contributed by atoms with van der Waals surface area (Å²) in [7, 11) is 0. The largest absolute Gasteiger partial charge is 0.416 e. The molecule has 11 heteroatoms. The summed E-state index contributed by atoms with van der Waals surface area (Å²) < 4.78 is 38.1. The van der Waals surface area contributed by atoms with Crippen LogP contribution in [0.1, 0.15) is 25.0 Å². The second-order valence-corrected chi connectivity index (χ2v) is 6.96. The van der Waals surface area contributed by atoms with Crippen molar-refractivity contribution in [1.29, 1.82) is 0 Å². The Kier molecular flexibility index (Phi) is 7.11. The van der Waals surface area contributed by atoms with E-state index in [4.69, 9.17) is 0 Å². The van der Waals surface area contributed by atoms with E-state index in [1.807, 2.05) is 13.8 Å². The van der Waals surface area contributed by atoms with Crippen molar-refractivity contribution in [3.63, 3.8) is 0 Å². The van der Waals surface area contributed by atoms with Crippen LogP contribution in [0.2, 0.25) is 0 Å². The molecule has 0 heterocycles. The standard InChI is InChI=1S/C14H16F3NO.C6H2N2O4/c1-10(2)9-18-13(19)8-7-11-5-3-4-6-12(11)14(15,16)17;9-7(10)5-2-3-1-4(3)6(5)8(11)12/h3-8,10H,9H2,1-2H3,(H,18,19);1-2H. The molecule has 0 unspecified atom stereocenters. The van der Waals surface area contributed by atoms with Gasteiger partial charge >= 0.3 is 17.6 Å². The SMILES string of the molecule is CC(C)CNC(=O)C=Cc1ccccc1C(F)(F)F.O=[N+]([O-])c1cc2cc-2c1[N+](=O)[O-]. The topological polar surface area (TPSA) is 115 Å². The van der Waals surface area contributed by atoms with Gasteiger partial charge in [0.05, 0.1) is 21.0 Å². The summed E-state index contributed by atoms with van der Waals surface area (Å²) in [5, 5.41) is 23.2. The zero-order chi connectivity index (χ0) is 23.3. The highest BCUT2D eigenvalue weighted by molar-refractivity contribution is 5.96. The van der Waals surface area contributed by atoms with Crippen LogP contribution in [0, 0.1) is 26.1 Å². The Morgan fingerprint density at radius 2 is 1.77 bits per heavy atom. The number of nitro groups is 2. The van der Waals surface area contributed by atoms with Gasteiger partial charge in [-0.2, -0.15) is 13.2 Å². The van der Waals surface area contributed by atoms with Gasteiger partial charge in [-0.15, -0.1) is 0 Å². The van der Waals surface area contributed by atoms with Crippen LogP contribution in [0.15, 0.2) is 42.5 Å². The third kappa shape index (κ3) is 6.36. The first kappa shape index (κ1) is 23.5. The molecule has 0 saturated heterocycles. The fourth-order valence-electron chi connectivity index (χ4n) is 2.56. The van der Waals surface area contributed by atoms with Crippen molar-refractivity contribution in [1.82, 2.24) is 5.32 Å². The Balaban J connectivity index is 0.000000242. The number of rotatable bonds is 6. The van der Waals surface area contributed by atoms with Gasteiger partial charge in [-0.05, 0) is 35.3 Å². The normalized spacial score (nSPS) is 11.7. The van der Waals surface area contributed by atoms with Gasteiger partial charge in [0.25, 0.3) is 0 Å². The number of amides is 1. The molecule has 0 bridgehead atoms. The number of fused-ring (bicyclic) bond motifs is 1. The van der Waals surface area contributed by atoms with E-state index >= 15 is 0 Å². The molecular weight excluding hydrogens is 419 g/mol. The van der Waals surface area contributed by atoms with E-state index in [0.29, 0.717) is 23.6 Å². The van der Waals surface area contributed by atoms with E-state index in [9.17, 15) is 38.2 Å². The van der Waals surface area contributed by atoms with Crippen molar-refractivity contribution in [3.8, 4) is 11.1 Å². The van der Waals surface area contributed by atoms with Gasteiger partial charge in [-0.1, -0.05) is 32.0 Å². The number of carbonyl (C=O) groups excluding carboxylic acids is 1. The van der Waals surface area contributed by atoms with Crippen molar-refractivity contribution in [2.75, 3.05) is 6.54 Å². The quantitative estimate of drug-likeness (QED) is 0.332. The first-order valence-electron chi connectivity index (χ1n) is 9.01. The first-order valence-corrected chi connectivity index (χ1v) is 9.01. The molecule has 0 fully saturated rings. The second-order valence-electron chi connectivity index (χ2n) is 6.96. The van der Waals surface area contributed by atoms with E-state index in [-0.39, 0.29) is 11.3 Å². The Morgan fingerprint density at radius 3 is 2.29 bits per heavy atom. The van der Waals surface area contributed by atoms with Crippen molar-refractivity contribution in [2.45, 2.75) is 20.0 Å². The third-order valence-electron chi connectivity index (χ3n) is 4.06. The van der Waals surface area contributed by atoms with Crippen LogP contribution in [0.5, 0.6) is 0 Å². The minimum Gasteiger partial charge on any atom is -0.352 e. The van der Waals surface area contributed by atoms with Crippen molar-refractivity contribution in [3.05, 3.63) is 73.8 Å². The zero-order valence-electron chi connectivity index (χ0n) is 16.5. The van der Waals surface area contributed by atoms with Crippen molar-refractivity contribution in [2.24, 2.45) is 5.92 Å². The van der Waals surface area contributed by atoms with Crippen LogP contribution in [-0.4, -0.2) is 22.3 Å². The summed E-state index contributed by atoms with van der Waals surface area (Å²) in [5.41, 5.74) is -0.555. The molecule has 31 heavy (non-hydrogen) atoms. The number of benzene rings is 2. The number of halogens is 3. The van der Waals surface area contributed by atoms with Gasteiger partial charge in [-0.25, -0.2) is 0 Å². The van der Waals surface area contributed by atoms with Gasteiger partial charge in [-0.3, -0.25) is 25.0 Å². The summed E-state index contributed by atoms with van der Waals surface area (Å²) in [5.74, 6) is -0.106. The molecule has 1 aromatic rings. The summed E-state index contributed by atoms with van der Waals surface area (Å²) in [6.45, 7) is 4.36. The molecule has 1 aromatic carbocycles. The molecule has 0 radical (unpaired) electrons. The molecule has 1 amide bonds. The van der Waals surface area contributed by atoms with Crippen LogP contribution >= 0.6 is 0 Å². The van der Waals surface area contributed by atoms with Crippen LogP contribution < -0.4 is 5.32 Å². The van der Waals surface area contributed by atoms with Gasteiger partial charge < -0.3 is 5.32 Å². The van der Waals surface area contributed by atoms with Crippen LogP contribution in [0.4, 0.5) is 24.5 Å². The lowest BCUT2D eigenvalue weighted by Crippen LogP contribution is -2.25. The average molecular weight is 437 g/mol. The second kappa shape index (κ2) is 9.37. The summed E-state index contributed by atoms with van der Waals surface area (Å²) in [6, 6.07) is 7.90. The molecule has 0 aliphatic heterocycles. The van der Waals surface area contributed by atoms with Crippen LogP contribution in [0.25, 0.3) is 17.2 Å². The number of hydrogen-bond donors (Lipinski definition) is 1. The molecule has 1 N–H and O–H groups in total. The molecule has 3 rings (SSSR count). The lowest BCUT2D eigenvalue weighted by molar-refractivity contribution is -0.421. The lowest BCUT2D eigenvalue weighted by atomic mass is 10.1. The predicted octanol–water partition coefficient (Wildman–Crippen LogP) is 4.97. The van der Waals surface area contributed by atoms with Crippen LogP contribution in [0.3, 0.4) is 0 Å². The fraction of sp³-hybridized carbons (Fsp3) is 0.250. The predicted molar refractivity (Wildman–Crippen MR) is 107 cm³/mol. The number of nitro benzene ring substituents is 2. The van der Waals surface area contributed by atoms with Crippen molar-refractivity contribution < 1.29 is 27.8 Å². The van der Waals surface area contributed by atoms with E-state index in [1.165, 1.54) is 30.3 Å². The number of nitrogens with one attached hydrogen (secondary N) is 1. The highest BCUT2D eigenvalue weighted by atomic mass is 19.4. The van der Waals surface area contributed by atoms with E-state index in [0.717, 1.165) is 12.1 Å². The maximum Gasteiger partial charge on any atom is 0.416 e. The molecule has 8 nitrogen and oxygen atoms in total. The number of hydrogen-bond acceptors (Lipinski definition) is 5. The molecule has 0 saturated carbocycles. The molecule has 0 aromatic heterocycles. The Hall–Kier alpha value is -3.76. The average Bonchev–Trinajstić information content (AvgIpc) is 3.33. The van der Waals surface area contributed by atoms with Crippen LogP contribution in [-0.2, 0) is 11.0 Å². The molecule has 2 aliphatic rings. The molecular formula is C20H18F3N3O5. The molecule has 2 aliphatic carbocycles. The smallest absolute Gasteiger partial charge is 0.352 e. The highest BCUT2D eigenvalue weighted by Gasteiger charge is 2.38.